The Kier molecular flexibility index (Phi) is 5.52. The number of carbonyl (C=O) groups excluding carboxylic acids is 3. The molecule has 2 heterocycles. The monoisotopic (exact) mass is 439 g/mol. The van der Waals surface area contributed by atoms with Crippen molar-refractivity contribution in [1.82, 2.24) is 19.4 Å². The highest BCUT2D eigenvalue weighted by Crippen LogP contribution is 2.30. The van der Waals surface area contributed by atoms with Crippen molar-refractivity contribution in [3.05, 3.63) is 39.9 Å². The number of sulfonamides is 1. The fourth-order valence-corrected chi connectivity index (χ4v) is 4.28. The van der Waals surface area contributed by atoms with Crippen LogP contribution in [0.3, 0.4) is 0 Å². The lowest BCUT2D eigenvalue weighted by molar-refractivity contribution is -0.384. The van der Waals surface area contributed by atoms with E-state index < -0.39 is 44.9 Å². The van der Waals surface area contributed by atoms with Gasteiger partial charge >= 0.3 is 6.03 Å². The molecular weight excluding hydrogens is 418 g/mol. The number of nitrogens with one attached hydrogen (secondary N) is 1. The van der Waals surface area contributed by atoms with Crippen molar-refractivity contribution in [3.8, 4) is 0 Å². The highest BCUT2D eigenvalue weighted by Gasteiger charge is 2.50. The number of benzene rings is 1. The molecule has 1 atom stereocenters. The van der Waals surface area contributed by atoms with Crippen molar-refractivity contribution in [3.63, 3.8) is 0 Å². The van der Waals surface area contributed by atoms with Crippen molar-refractivity contribution < 1.29 is 27.7 Å². The summed E-state index contributed by atoms with van der Waals surface area (Å²) in [6, 6.07) is 4.48. The Morgan fingerprint density at radius 3 is 2.23 bits per heavy atom. The molecule has 3 rings (SSSR count). The van der Waals surface area contributed by atoms with E-state index in [9.17, 15) is 32.9 Å². The topological polar surface area (TPSA) is 150 Å². The molecule has 0 aromatic heterocycles. The predicted octanol–water partition coefficient (Wildman–Crippen LogP) is -0.534. The molecule has 0 saturated carbocycles. The van der Waals surface area contributed by atoms with Crippen LogP contribution >= 0.6 is 0 Å². The molecule has 0 radical (unpaired) electrons. The number of nitro benzene ring substituents is 1. The predicted molar refractivity (Wildman–Crippen MR) is 104 cm³/mol. The van der Waals surface area contributed by atoms with Crippen molar-refractivity contribution in [2.45, 2.75) is 12.5 Å². The zero-order valence-corrected chi connectivity index (χ0v) is 17.2. The molecule has 2 aliphatic rings. The second kappa shape index (κ2) is 7.65. The van der Waals surface area contributed by atoms with E-state index in [0.29, 0.717) is 5.56 Å². The van der Waals surface area contributed by atoms with E-state index in [1.165, 1.54) is 40.4 Å². The summed E-state index contributed by atoms with van der Waals surface area (Å²) in [5, 5.41) is 13.4. The SMILES string of the molecule is C[C@@]1(c2ccc([N+](=O)[O-])cc2)NC(=O)N(CC(=O)N2CCN(S(C)(=O)=O)CC2)C1=O. The minimum absolute atomic E-state index is 0.144. The average Bonchev–Trinajstić information content (AvgIpc) is 2.91. The molecule has 0 bridgehead atoms. The molecule has 2 aliphatic heterocycles. The normalized spacial score (nSPS) is 22.9. The molecule has 12 nitrogen and oxygen atoms in total. The highest BCUT2D eigenvalue weighted by molar-refractivity contribution is 7.88. The first kappa shape index (κ1) is 21.6. The lowest BCUT2D eigenvalue weighted by atomic mass is 9.92. The Bertz CT molecular complexity index is 1000. The second-order valence-electron chi connectivity index (χ2n) is 7.29. The van der Waals surface area contributed by atoms with Crippen LogP contribution in [0.5, 0.6) is 0 Å². The van der Waals surface area contributed by atoms with Crippen LogP contribution in [0, 0.1) is 10.1 Å². The Morgan fingerprint density at radius 1 is 1.17 bits per heavy atom. The minimum atomic E-state index is -3.34. The number of urea groups is 1. The number of amides is 4. The summed E-state index contributed by atoms with van der Waals surface area (Å²) in [7, 11) is -3.34. The summed E-state index contributed by atoms with van der Waals surface area (Å²) in [6.45, 7) is 1.59. The van der Waals surface area contributed by atoms with Gasteiger partial charge in [-0.2, -0.15) is 4.31 Å². The fourth-order valence-electron chi connectivity index (χ4n) is 3.46. The zero-order chi connectivity index (χ0) is 22.3. The van der Waals surface area contributed by atoms with Crippen molar-refractivity contribution in [2.75, 3.05) is 39.0 Å². The minimum Gasteiger partial charge on any atom is -0.338 e. The number of piperazine rings is 1. The van der Waals surface area contributed by atoms with Gasteiger partial charge in [0.1, 0.15) is 12.1 Å². The van der Waals surface area contributed by atoms with Crippen molar-refractivity contribution in [1.29, 1.82) is 0 Å². The molecular formula is C17H21N5O7S. The standard InChI is InChI=1S/C17H21N5O7S/c1-17(12-3-5-13(6-4-12)22(26)27)15(24)21(16(25)18-17)11-14(23)19-7-9-20(10-8-19)30(2,28)29/h3-6H,7-11H2,1-2H3,(H,18,25)/t17-/m0/s1. The highest BCUT2D eigenvalue weighted by atomic mass is 32.2. The van der Waals surface area contributed by atoms with Gasteiger partial charge in [-0.25, -0.2) is 13.2 Å². The first-order valence-electron chi connectivity index (χ1n) is 9.05. The summed E-state index contributed by atoms with van der Waals surface area (Å²) >= 11 is 0. The Labute approximate surface area is 172 Å². The Balaban J connectivity index is 1.69. The largest absolute Gasteiger partial charge is 0.338 e. The van der Waals surface area contributed by atoms with Gasteiger partial charge in [0.15, 0.2) is 0 Å². The third kappa shape index (κ3) is 3.98. The maximum absolute atomic E-state index is 12.9. The van der Waals surface area contributed by atoms with Gasteiger partial charge in [0.2, 0.25) is 15.9 Å². The van der Waals surface area contributed by atoms with E-state index in [1.54, 1.807) is 0 Å². The molecule has 0 spiro atoms. The molecule has 162 valence electrons. The van der Waals surface area contributed by atoms with E-state index in [0.717, 1.165) is 11.2 Å². The number of hydrogen-bond donors (Lipinski definition) is 1. The van der Waals surface area contributed by atoms with E-state index >= 15 is 0 Å². The van der Waals surface area contributed by atoms with Crippen LogP contribution in [0.4, 0.5) is 10.5 Å². The number of nitrogens with zero attached hydrogens (tertiary/aromatic N) is 4. The number of nitro groups is 1. The fraction of sp³-hybridized carbons (Fsp3) is 0.471. The van der Waals surface area contributed by atoms with Crippen LogP contribution in [0.15, 0.2) is 24.3 Å². The van der Waals surface area contributed by atoms with Gasteiger partial charge in [-0.3, -0.25) is 24.6 Å². The number of rotatable bonds is 5. The Morgan fingerprint density at radius 2 is 1.73 bits per heavy atom. The molecule has 2 saturated heterocycles. The van der Waals surface area contributed by atoms with Gasteiger partial charge in [-0.05, 0) is 24.6 Å². The van der Waals surface area contributed by atoms with Gasteiger partial charge in [0.05, 0.1) is 11.2 Å². The van der Waals surface area contributed by atoms with Crippen LogP contribution in [0.1, 0.15) is 12.5 Å². The molecule has 1 N–H and O–H groups in total. The van der Waals surface area contributed by atoms with E-state index in [1.807, 2.05) is 0 Å². The number of carbonyl (C=O) groups is 3. The zero-order valence-electron chi connectivity index (χ0n) is 16.4. The third-order valence-electron chi connectivity index (χ3n) is 5.28. The first-order chi connectivity index (χ1) is 13.9. The van der Waals surface area contributed by atoms with Gasteiger partial charge in [-0.15, -0.1) is 0 Å². The van der Waals surface area contributed by atoms with Gasteiger partial charge < -0.3 is 10.2 Å². The van der Waals surface area contributed by atoms with Crippen LogP contribution in [0.2, 0.25) is 0 Å². The smallest absolute Gasteiger partial charge is 0.325 e. The van der Waals surface area contributed by atoms with Gasteiger partial charge in [0, 0.05) is 38.3 Å². The summed E-state index contributed by atoms with van der Waals surface area (Å²) < 4.78 is 24.4. The van der Waals surface area contributed by atoms with Crippen LogP contribution in [-0.2, 0) is 25.2 Å². The van der Waals surface area contributed by atoms with Crippen molar-refractivity contribution >= 4 is 33.6 Å². The summed E-state index contributed by atoms with van der Waals surface area (Å²) in [6.07, 6.45) is 1.09. The first-order valence-corrected chi connectivity index (χ1v) is 10.9. The molecule has 0 unspecified atom stereocenters. The molecule has 2 fully saturated rings. The molecule has 1 aromatic carbocycles. The lowest BCUT2D eigenvalue weighted by Crippen LogP contribution is -2.53. The van der Waals surface area contributed by atoms with Gasteiger partial charge in [-0.1, -0.05) is 0 Å². The average molecular weight is 439 g/mol. The number of imide groups is 1. The summed E-state index contributed by atoms with van der Waals surface area (Å²) in [4.78, 5) is 50.3. The summed E-state index contributed by atoms with van der Waals surface area (Å²) in [5.74, 6) is -1.12. The van der Waals surface area contributed by atoms with E-state index in [-0.39, 0.29) is 31.9 Å². The molecule has 13 heteroatoms. The van der Waals surface area contributed by atoms with Crippen LogP contribution in [0.25, 0.3) is 0 Å². The Hall–Kier alpha value is -3.06. The van der Waals surface area contributed by atoms with Crippen LogP contribution < -0.4 is 5.32 Å². The van der Waals surface area contributed by atoms with Crippen LogP contribution in [-0.4, -0.2) is 84.3 Å². The van der Waals surface area contributed by atoms with Gasteiger partial charge in [0.25, 0.3) is 11.6 Å². The second-order valence-corrected chi connectivity index (χ2v) is 9.28. The molecule has 1 aromatic rings. The molecule has 0 aliphatic carbocycles. The number of non-ortho nitro benzene ring substituents is 1. The molecule has 4 amide bonds. The maximum Gasteiger partial charge on any atom is 0.325 e. The lowest BCUT2D eigenvalue weighted by Gasteiger charge is -2.33. The quantitative estimate of drug-likeness (QED) is 0.368. The maximum atomic E-state index is 12.9. The van der Waals surface area contributed by atoms with E-state index in [4.69, 9.17) is 0 Å². The number of hydrogen-bond acceptors (Lipinski definition) is 7. The summed E-state index contributed by atoms with van der Waals surface area (Å²) in [5.41, 5.74) is -1.26. The van der Waals surface area contributed by atoms with E-state index in [2.05, 4.69) is 5.32 Å². The third-order valence-corrected chi connectivity index (χ3v) is 6.59. The molecule has 30 heavy (non-hydrogen) atoms. The van der Waals surface area contributed by atoms with Crippen molar-refractivity contribution in [2.24, 2.45) is 0 Å².